The first-order valence-electron chi connectivity index (χ1n) is 10.2. The van der Waals surface area contributed by atoms with E-state index in [-0.39, 0.29) is 13.0 Å². The highest BCUT2D eigenvalue weighted by Gasteiger charge is 2.69. The van der Waals surface area contributed by atoms with E-state index in [0.29, 0.717) is 24.5 Å². The Kier molecular flexibility index (Phi) is 4.57. The Morgan fingerprint density at radius 1 is 1.21 bits per heavy atom. The van der Waals surface area contributed by atoms with Crippen LogP contribution in [0.15, 0.2) is 12.1 Å². The second-order valence-corrected chi connectivity index (χ2v) is 8.60. The third-order valence-corrected chi connectivity index (χ3v) is 7.24. The maximum Gasteiger partial charge on any atom is 0.348 e. The van der Waals surface area contributed by atoms with E-state index in [2.05, 4.69) is 6.92 Å². The lowest BCUT2D eigenvalue weighted by molar-refractivity contribution is -0.202. The predicted molar refractivity (Wildman–Crippen MR) is 105 cm³/mol. The Labute approximate surface area is 170 Å². The van der Waals surface area contributed by atoms with Crippen molar-refractivity contribution in [1.29, 1.82) is 0 Å². The van der Waals surface area contributed by atoms with Crippen molar-refractivity contribution in [1.82, 2.24) is 4.90 Å². The lowest BCUT2D eigenvalue weighted by Gasteiger charge is -2.60. The van der Waals surface area contributed by atoms with Gasteiger partial charge < -0.3 is 24.2 Å². The molecule has 1 aliphatic carbocycles. The number of piperidine rings is 1. The molecule has 4 rings (SSSR count). The smallest absolute Gasteiger partial charge is 0.348 e. The summed E-state index contributed by atoms with van der Waals surface area (Å²) in [6.07, 6.45) is 3.19. The Balaban J connectivity index is 1.90. The normalized spacial score (nSPS) is 32.9. The van der Waals surface area contributed by atoms with Crippen LogP contribution >= 0.6 is 0 Å². The summed E-state index contributed by atoms with van der Waals surface area (Å²) in [5, 5.41) is 11.2. The highest BCUT2D eigenvalue weighted by Crippen LogP contribution is 2.64. The van der Waals surface area contributed by atoms with Gasteiger partial charge in [-0.15, -0.1) is 0 Å². The van der Waals surface area contributed by atoms with Crippen molar-refractivity contribution >= 4 is 11.9 Å². The third-order valence-electron chi connectivity index (χ3n) is 7.24. The number of esters is 1. The van der Waals surface area contributed by atoms with Crippen LogP contribution in [0.3, 0.4) is 0 Å². The van der Waals surface area contributed by atoms with Crippen molar-refractivity contribution in [3.8, 4) is 11.5 Å². The summed E-state index contributed by atoms with van der Waals surface area (Å²) in [5.74, 6) is -0.100. The van der Waals surface area contributed by atoms with E-state index >= 15 is 0 Å². The van der Waals surface area contributed by atoms with E-state index in [1.54, 1.807) is 26.0 Å². The lowest BCUT2D eigenvalue weighted by atomic mass is 9.58. The van der Waals surface area contributed by atoms with Crippen LogP contribution in [0.25, 0.3) is 0 Å². The Bertz CT molecular complexity index is 869. The first-order chi connectivity index (χ1) is 13.8. The molecule has 0 bridgehead atoms. The lowest BCUT2D eigenvalue weighted by Crippen LogP contribution is -2.72. The van der Waals surface area contributed by atoms with Crippen LogP contribution < -0.4 is 9.47 Å². The fourth-order valence-electron chi connectivity index (χ4n) is 6.03. The fraction of sp³-hybridized carbons (Fsp3) is 0.636. The van der Waals surface area contributed by atoms with E-state index in [9.17, 15) is 14.7 Å². The van der Waals surface area contributed by atoms with Gasteiger partial charge in [0.2, 0.25) is 5.60 Å². The molecule has 0 aromatic heterocycles. The van der Waals surface area contributed by atoms with Gasteiger partial charge in [0, 0.05) is 13.0 Å². The number of methoxy groups -OCH3 is 2. The fourth-order valence-corrected chi connectivity index (χ4v) is 6.03. The summed E-state index contributed by atoms with van der Waals surface area (Å²) < 4.78 is 16.1. The molecule has 7 heteroatoms. The molecule has 1 aromatic carbocycles. The van der Waals surface area contributed by atoms with Crippen LogP contribution in [0.1, 0.15) is 50.7 Å². The van der Waals surface area contributed by atoms with E-state index in [4.69, 9.17) is 14.2 Å². The minimum atomic E-state index is -2.13. The SMILES string of the molecule is CCOC(=O)[C@]1(O)C[C@@]2(C)CCC[C@]23c2cc(OC)c(OC)cc2CCN3C1=O. The van der Waals surface area contributed by atoms with Crippen molar-refractivity contribution in [3.63, 3.8) is 0 Å². The number of nitrogens with zero attached hydrogens (tertiary/aromatic N) is 1. The molecular formula is C22H29NO6. The molecule has 1 saturated heterocycles. The Morgan fingerprint density at radius 2 is 1.90 bits per heavy atom. The zero-order valence-electron chi connectivity index (χ0n) is 17.5. The van der Waals surface area contributed by atoms with Gasteiger partial charge in [-0.25, -0.2) is 4.79 Å². The number of hydrogen-bond acceptors (Lipinski definition) is 6. The van der Waals surface area contributed by atoms with E-state index in [1.165, 1.54) is 0 Å². The molecule has 1 saturated carbocycles. The van der Waals surface area contributed by atoms with Crippen LogP contribution in [0.5, 0.6) is 11.5 Å². The molecule has 1 amide bonds. The van der Waals surface area contributed by atoms with Gasteiger partial charge in [-0.2, -0.15) is 0 Å². The number of carbonyl (C=O) groups excluding carboxylic acids is 2. The number of fused-ring (bicyclic) bond motifs is 1. The molecule has 2 aliphatic heterocycles. The molecule has 2 heterocycles. The third kappa shape index (κ3) is 2.46. The second-order valence-electron chi connectivity index (χ2n) is 8.60. The first kappa shape index (κ1) is 20.0. The number of rotatable bonds is 4. The average Bonchev–Trinajstić information content (AvgIpc) is 3.04. The van der Waals surface area contributed by atoms with Crippen LogP contribution in [0.2, 0.25) is 0 Å². The predicted octanol–water partition coefficient (Wildman–Crippen LogP) is 2.17. The van der Waals surface area contributed by atoms with E-state index < -0.39 is 28.4 Å². The molecule has 3 atom stereocenters. The van der Waals surface area contributed by atoms with Gasteiger partial charge >= 0.3 is 5.97 Å². The molecule has 1 spiro atoms. The van der Waals surface area contributed by atoms with Crippen molar-refractivity contribution in [3.05, 3.63) is 23.3 Å². The molecule has 2 fully saturated rings. The van der Waals surface area contributed by atoms with Gasteiger partial charge in [0.05, 0.1) is 26.4 Å². The molecule has 1 aromatic rings. The zero-order valence-corrected chi connectivity index (χ0v) is 17.5. The molecule has 29 heavy (non-hydrogen) atoms. The quantitative estimate of drug-likeness (QED) is 0.613. The molecule has 0 radical (unpaired) electrons. The van der Waals surface area contributed by atoms with Crippen LogP contribution in [-0.4, -0.2) is 54.9 Å². The minimum absolute atomic E-state index is 0.0575. The summed E-state index contributed by atoms with van der Waals surface area (Å²) in [6, 6.07) is 3.97. The largest absolute Gasteiger partial charge is 0.493 e. The van der Waals surface area contributed by atoms with Crippen molar-refractivity contribution in [2.75, 3.05) is 27.4 Å². The number of aliphatic hydroxyl groups is 1. The maximum absolute atomic E-state index is 13.5. The summed E-state index contributed by atoms with van der Waals surface area (Å²) in [5.41, 5.74) is -0.998. The summed E-state index contributed by atoms with van der Waals surface area (Å²) in [7, 11) is 3.21. The minimum Gasteiger partial charge on any atom is -0.493 e. The van der Waals surface area contributed by atoms with Crippen molar-refractivity contribution < 1.29 is 28.9 Å². The van der Waals surface area contributed by atoms with Gasteiger partial charge in [0.15, 0.2) is 11.5 Å². The Hall–Kier alpha value is -2.28. The number of benzene rings is 1. The molecule has 1 N–H and O–H groups in total. The summed E-state index contributed by atoms with van der Waals surface area (Å²) in [4.78, 5) is 27.8. The Morgan fingerprint density at radius 3 is 2.55 bits per heavy atom. The van der Waals surface area contributed by atoms with Gasteiger partial charge in [-0.05, 0) is 54.9 Å². The summed E-state index contributed by atoms with van der Waals surface area (Å²) >= 11 is 0. The van der Waals surface area contributed by atoms with Gasteiger partial charge in [-0.3, -0.25) is 4.79 Å². The highest BCUT2D eigenvalue weighted by molar-refractivity contribution is 6.07. The number of ether oxygens (including phenoxy) is 3. The average molecular weight is 403 g/mol. The zero-order chi connectivity index (χ0) is 21.0. The molecule has 3 aliphatic rings. The van der Waals surface area contributed by atoms with Crippen molar-refractivity contribution in [2.24, 2.45) is 5.41 Å². The van der Waals surface area contributed by atoms with E-state index in [0.717, 1.165) is 30.4 Å². The van der Waals surface area contributed by atoms with Crippen LogP contribution in [0.4, 0.5) is 0 Å². The monoisotopic (exact) mass is 403 g/mol. The molecule has 158 valence electrons. The van der Waals surface area contributed by atoms with Gasteiger partial charge in [-0.1, -0.05) is 13.3 Å². The van der Waals surface area contributed by atoms with Gasteiger partial charge in [0.1, 0.15) is 0 Å². The molecule has 0 unspecified atom stereocenters. The standard InChI is InChI=1S/C22H29NO6/c1-5-29-19(25)21(26)13-20(2)8-6-9-22(20)15-12-17(28-4)16(27-3)11-14(15)7-10-23(22)18(21)24/h11-12,26H,5-10,13H2,1-4H3/t20-,21+,22+/m1/s1. The molecule has 7 nitrogen and oxygen atoms in total. The molecular weight excluding hydrogens is 374 g/mol. The highest BCUT2D eigenvalue weighted by atomic mass is 16.6. The topological polar surface area (TPSA) is 85.3 Å². The maximum atomic E-state index is 13.5. The number of amides is 1. The van der Waals surface area contributed by atoms with E-state index in [1.807, 2.05) is 12.1 Å². The van der Waals surface area contributed by atoms with Gasteiger partial charge in [0.25, 0.3) is 5.91 Å². The first-order valence-corrected chi connectivity index (χ1v) is 10.2. The second kappa shape index (κ2) is 6.62. The summed E-state index contributed by atoms with van der Waals surface area (Å²) in [6.45, 7) is 4.32. The van der Waals surface area contributed by atoms with Crippen LogP contribution in [0, 0.1) is 5.41 Å². The number of carbonyl (C=O) groups is 2. The number of hydrogen-bond donors (Lipinski definition) is 1. The van der Waals surface area contributed by atoms with Crippen LogP contribution in [-0.2, 0) is 26.3 Å². The van der Waals surface area contributed by atoms with Crippen molar-refractivity contribution in [2.45, 2.75) is 57.1 Å².